The molecule has 6 heteroatoms. The van der Waals surface area contributed by atoms with Crippen LogP contribution in [-0.4, -0.2) is 12.5 Å². The van der Waals surface area contributed by atoms with Gasteiger partial charge in [-0.2, -0.15) is 0 Å². The van der Waals surface area contributed by atoms with Gasteiger partial charge in [-0.25, -0.2) is 13.2 Å². The van der Waals surface area contributed by atoms with Gasteiger partial charge in [-0.3, -0.25) is 4.79 Å². The van der Waals surface area contributed by atoms with Crippen LogP contribution in [-0.2, 0) is 4.79 Å². The fourth-order valence-electron chi connectivity index (χ4n) is 2.63. The standard InChI is InChI=1S/C16H11BrF3NO/c17-12-3-2-10(8-14(12)19)21-6-5-11(16(21)22)9-1-4-13(18)15(20)7-9/h1-4,7-8,11H,5-6H2. The van der Waals surface area contributed by atoms with Crippen LogP contribution in [0.2, 0.25) is 0 Å². The summed E-state index contributed by atoms with van der Waals surface area (Å²) in [5.74, 6) is -3.16. The van der Waals surface area contributed by atoms with E-state index in [4.69, 9.17) is 0 Å². The Morgan fingerprint density at radius 2 is 1.77 bits per heavy atom. The fraction of sp³-hybridized carbons (Fsp3) is 0.188. The number of carbonyl (C=O) groups is 1. The van der Waals surface area contributed by atoms with Gasteiger partial charge in [-0.05, 0) is 58.2 Å². The minimum absolute atomic E-state index is 0.243. The molecule has 1 amide bonds. The highest BCUT2D eigenvalue weighted by Gasteiger charge is 2.34. The van der Waals surface area contributed by atoms with Gasteiger partial charge in [0.1, 0.15) is 5.82 Å². The Hall–Kier alpha value is -1.82. The van der Waals surface area contributed by atoms with Crippen LogP contribution in [0.1, 0.15) is 17.9 Å². The number of rotatable bonds is 2. The van der Waals surface area contributed by atoms with E-state index in [0.29, 0.717) is 28.7 Å². The van der Waals surface area contributed by atoms with Gasteiger partial charge in [0, 0.05) is 12.2 Å². The largest absolute Gasteiger partial charge is 0.312 e. The van der Waals surface area contributed by atoms with Gasteiger partial charge >= 0.3 is 0 Å². The number of amides is 1. The van der Waals surface area contributed by atoms with Crippen LogP contribution in [0.5, 0.6) is 0 Å². The number of carbonyl (C=O) groups excluding carboxylic acids is 1. The second-order valence-electron chi connectivity index (χ2n) is 5.10. The first kappa shape index (κ1) is 15.1. The Morgan fingerprint density at radius 1 is 1.00 bits per heavy atom. The zero-order valence-corrected chi connectivity index (χ0v) is 12.9. The molecule has 1 atom stereocenters. The van der Waals surface area contributed by atoms with Gasteiger partial charge in [0.2, 0.25) is 5.91 Å². The second-order valence-corrected chi connectivity index (χ2v) is 5.96. The Bertz CT molecular complexity index is 689. The van der Waals surface area contributed by atoms with E-state index in [0.717, 1.165) is 12.1 Å². The molecule has 1 unspecified atom stereocenters. The van der Waals surface area contributed by atoms with E-state index in [2.05, 4.69) is 15.9 Å². The van der Waals surface area contributed by atoms with Crippen molar-refractivity contribution in [2.45, 2.75) is 12.3 Å². The molecule has 0 radical (unpaired) electrons. The zero-order chi connectivity index (χ0) is 15.9. The Balaban J connectivity index is 1.88. The third-order valence-corrected chi connectivity index (χ3v) is 4.41. The number of hydrogen-bond donors (Lipinski definition) is 0. The maximum absolute atomic E-state index is 13.6. The van der Waals surface area contributed by atoms with Gasteiger partial charge in [0.15, 0.2) is 11.6 Å². The molecule has 0 aliphatic carbocycles. The van der Waals surface area contributed by atoms with E-state index in [1.54, 1.807) is 6.07 Å². The molecule has 1 aliphatic rings. The smallest absolute Gasteiger partial charge is 0.234 e. The summed E-state index contributed by atoms with van der Waals surface area (Å²) < 4.78 is 40.2. The topological polar surface area (TPSA) is 20.3 Å². The molecule has 0 N–H and O–H groups in total. The van der Waals surface area contributed by atoms with E-state index < -0.39 is 23.4 Å². The number of anilines is 1. The van der Waals surface area contributed by atoms with Gasteiger partial charge in [0.25, 0.3) is 0 Å². The molecule has 1 heterocycles. The molecule has 2 nitrogen and oxygen atoms in total. The van der Waals surface area contributed by atoms with Crippen LogP contribution in [0.15, 0.2) is 40.9 Å². The summed E-state index contributed by atoms with van der Waals surface area (Å²) in [5, 5.41) is 0. The van der Waals surface area contributed by atoms with Crippen LogP contribution in [0.4, 0.5) is 18.9 Å². The highest BCUT2D eigenvalue weighted by atomic mass is 79.9. The molecular weight excluding hydrogens is 359 g/mol. The third kappa shape index (κ3) is 2.63. The Morgan fingerprint density at radius 3 is 2.45 bits per heavy atom. The minimum atomic E-state index is -0.974. The first-order valence-corrected chi connectivity index (χ1v) is 7.48. The summed E-state index contributed by atoms with van der Waals surface area (Å²) in [6, 6.07) is 7.91. The first-order valence-electron chi connectivity index (χ1n) is 6.69. The lowest BCUT2D eigenvalue weighted by molar-refractivity contribution is -0.118. The first-order chi connectivity index (χ1) is 10.5. The normalized spacial score (nSPS) is 18.1. The van der Waals surface area contributed by atoms with E-state index >= 15 is 0 Å². The lowest BCUT2D eigenvalue weighted by atomic mass is 9.97. The van der Waals surface area contributed by atoms with Crippen molar-refractivity contribution in [3.05, 3.63) is 63.9 Å². The summed E-state index contributed by atoms with van der Waals surface area (Å²) in [7, 11) is 0. The van der Waals surface area contributed by atoms with Gasteiger partial charge in [-0.15, -0.1) is 0 Å². The van der Waals surface area contributed by atoms with Crippen molar-refractivity contribution in [2.24, 2.45) is 0 Å². The van der Waals surface area contributed by atoms with E-state index in [9.17, 15) is 18.0 Å². The summed E-state index contributed by atoms with van der Waals surface area (Å²) in [6.07, 6.45) is 0.474. The van der Waals surface area contributed by atoms with Crippen molar-refractivity contribution in [1.82, 2.24) is 0 Å². The summed E-state index contributed by atoms with van der Waals surface area (Å²) in [4.78, 5) is 13.9. The Labute approximate surface area is 133 Å². The summed E-state index contributed by atoms with van der Waals surface area (Å²) in [5.41, 5.74) is 0.889. The molecule has 0 spiro atoms. The lowest BCUT2D eigenvalue weighted by Gasteiger charge is -2.17. The van der Waals surface area contributed by atoms with Crippen LogP contribution in [0.25, 0.3) is 0 Å². The quantitative estimate of drug-likeness (QED) is 0.768. The molecule has 1 saturated heterocycles. The van der Waals surface area contributed by atoms with Crippen molar-refractivity contribution >= 4 is 27.5 Å². The molecule has 114 valence electrons. The van der Waals surface area contributed by atoms with E-state index in [-0.39, 0.29) is 5.91 Å². The average molecular weight is 370 g/mol. The highest BCUT2D eigenvalue weighted by Crippen LogP contribution is 2.33. The molecular formula is C16H11BrF3NO. The molecule has 2 aromatic carbocycles. The molecule has 1 aliphatic heterocycles. The molecule has 1 fully saturated rings. The molecule has 0 saturated carbocycles. The van der Waals surface area contributed by atoms with Crippen molar-refractivity contribution in [3.8, 4) is 0 Å². The van der Waals surface area contributed by atoms with Gasteiger partial charge in [-0.1, -0.05) is 6.07 Å². The lowest BCUT2D eigenvalue weighted by Crippen LogP contribution is -2.26. The summed E-state index contributed by atoms with van der Waals surface area (Å²) >= 11 is 3.06. The average Bonchev–Trinajstić information content (AvgIpc) is 2.87. The summed E-state index contributed by atoms with van der Waals surface area (Å²) in [6.45, 7) is 0.406. The van der Waals surface area contributed by atoms with Crippen molar-refractivity contribution in [3.63, 3.8) is 0 Å². The Kier molecular flexibility index (Phi) is 3.95. The maximum Gasteiger partial charge on any atom is 0.234 e. The number of halogens is 4. The van der Waals surface area contributed by atoms with Crippen molar-refractivity contribution < 1.29 is 18.0 Å². The monoisotopic (exact) mass is 369 g/mol. The maximum atomic E-state index is 13.6. The predicted octanol–water partition coefficient (Wildman–Crippen LogP) is 4.39. The molecule has 22 heavy (non-hydrogen) atoms. The molecule has 2 aromatic rings. The molecule has 3 rings (SSSR count). The minimum Gasteiger partial charge on any atom is -0.312 e. The molecule has 0 bridgehead atoms. The van der Waals surface area contributed by atoms with E-state index in [1.807, 2.05) is 0 Å². The highest BCUT2D eigenvalue weighted by molar-refractivity contribution is 9.10. The molecule has 0 aromatic heterocycles. The fourth-order valence-corrected chi connectivity index (χ4v) is 2.87. The SMILES string of the molecule is O=C1C(c2ccc(F)c(F)c2)CCN1c1ccc(Br)c(F)c1. The third-order valence-electron chi connectivity index (χ3n) is 3.77. The van der Waals surface area contributed by atoms with Crippen LogP contribution < -0.4 is 4.90 Å². The van der Waals surface area contributed by atoms with Crippen LogP contribution in [0, 0.1) is 17.5 Å². The second kappa shape index (κ2) is 5.76. The zero-order valence-electron chi connectivity index (χ0n) is 11.3. The van der Waals surface area contributed by atoms with Crippen LogP contribution >= 0.6 is 15.9 Å². The predicted molar refractivity (Wildman–Crippen MR) is 80.2 cm³/mol. The van der Waals surface area contributed by atoms with Gasteiger partial charge < -0.3 is 4.90 Å². The van der Waals surface area contributed by atoms with Crippen LogP contribution in [0.3, 0.4) is 0 Å². The number of hydrogen-bond acceptors (Lipinski definition) is 1. The van der Waals surface area contributed by atoms with E-state index in [1.165, 1.54) is 23.1 Å². The van der Waals surface area contributed by atoms with Crippen molar-refractivity contribution in [1.29, 1.82) is 0 Å². The number of nitrogens with zero attached hydrogens (tertiary/aromatic N) is 1. The number of benzene rings is 2. The van der Waals surface area contributed by atoms with Crippen molar-refractivity contribution in [2.75, 3.05) is 11.4 Å². The van der Waals surface area contributed by atoms with Gasteiger partial charge in [0.05, 0.1) is 10.4 Å².